The normalized spacial score (nSPS) is 10.6. The molecule has 0 aliphatic heterocycles. The number of nitrogens with one attached hydrogen (secondary N) is 1. The van der Waals surface area contributed by atoms with Gasteiger partial charge in [-0.05, 0) is 24.3 Å². The van der Waals surface area contributed by atoms with Crippen LogP contribution in [-0.2, 0) is 0 Å². The number of anilines is 1. The Morgan fingerprint density at radius 2 is 2.09 bits per heavy atom. The van der Waals surface area contributed by atoms with E-state index in [4.69, 9.17) is 5.73 Å². The summed E-state index contributed by atoms with van der Waals surface area (Å²) < 4.78 is 0. The molecule has 0 aliphatic carbocycles. The maximum atomic E-state index is 5.61. The van der Waals surface area contributed by atoms with Gasteiger partial charge in [0.05, 0.1) is 0 Å². The fraction of sp³-hybridized carbons (Fsp3) is 0. The molecule has 1 heterocycles. The molecule has 0 amide bonds. The van der Waals surface area contributed by atoms with Gasteiger partial charge in [0.25, 0.3) is 0 Å². The summed E-state index contributed by atoms with van der Waals surface area (Å²) >= 11 is 0. The van der Waals surface area contributed by atoms with E-state index in [0.29, 0.717) is 0 Å². The summed E-state index contributed by atoms with van der Waals surface area (Å²) in [5, 5.41) is 1.16. The lowest BCUT2D eigenvalue weighted by Gasteiger charge is -1.90. The van der Waals surface area contributed by atoms with Crippen molar-refractivity contribution in [1.82, 2.24) is 4.98 Å². The second-order valence-corrected chi connectivity index (χ2v) is 3.19. The Hall–Kier alpha value is -1.01. The molecule has 0 saturated carbocycles. The number of hydrogen-bond donors (Lipinski definition) is 2. The number of aromatic amines is 1. The standard InChI is InChI=1S/C8H9N2P/c9-6-1-2-7-5(3-6)4-8(11)10-7/h1-4,10H,9,11H2. The highest BCUT2D eigenvalue weighted by molar-refractivity contribution is 7.27. The third kappa shape index (κ3) is 1.10. The molecule has 1 aromatic carbocycles. The number of H-pyrrole nitrogens is 1. The number of fused-ring (bicyclic) bond motifs is 1. The minimum absolute atomic E-state index is 0.807. The number of nitrogens with two attached hydrogens (primary N) is 1. The number of benzene rings is 1. The maximum absolute atomic E-state index is 5.61. The van der Waals surface area contributed by atoms with Crippen LogP contribution in [0.1, 0.15) is 0 Å². The highest BCUT2D eigenvalue weighted by Gasteiger charge is 1.95. The molecule has 1 atom stereocenters. The fourth-order valence-corrected chi connectivity index (χ4v) is 1.51. The lowest BCUT2D eigenvalue weighted by Crippen LogP contribution is -1.84. The SMILES string of the molecule is Nc1ccc2[nH]c(P)cc2c1. The van der Waals surface area contributed by atoms with Crippen LogP contribution in [0.15, 0.2) is 24.3 Å². The van der Waals surface area contributed by atoms with Gasteiger partial charge in [-0.25, -0.2) is 0 Å². The summed E-state index contributed by atoms with van der Waals surface area (Å²) in [4.78, 5) is 3.19. The number of aromatic nitrogens is 1. The van der Waals surface area contributed by atoms with E-state index in [1.54, 1.807) is 0 Å². The monoisotopic (exact) mass is 164 g/mol. The molecular formula is C8H9N2P. The minimum Gasteiger partial charge on any atom is -0.399 e. The third-order valence-corrected chi connectivity index (χ3v) is 1.98. The minimum atomic E-state index is 0.807. The smallest absolute Gasteiger partial charge is 0.0460 e. The zero-order valence-electron chi connectivity index (χ0n) is 5.96. The van der Waals surface area contributed by atoms with Gasteiger partial charge in [-0.3, -0.25) is 0 Å². The molecule has 1 unspecified atom stereocenters. The van der Waals surface area contributed by atoms with Crippen LogP contribution >= 0.6 is 9.24 Å². The maximum Gasteiger partial charge on any atom is 0.0460 e. The third-order valence-electron chi connectivity index (χ3n) is 1.67. The van der Waals surface area contributed by atoms with Gasteiger partial charge in [-0.2, -0.15) is 0 Å². The summed E-state index contributed by atoms with van der Waals surface area (Å²) in [6, 6.07) is 7.89. The largest absolute Gasteiger partial charge is 0.399 e. The highest BCUT2D eigenvalue weighted by atomic mass is 31.0. The van der Waals surface area contributed by atoms with Gasteiger partial charge in [0.1, 0.15) is 0 Å². The van der Waals surface area contributed by atoms with Crippen LogP contribution in [0.2, 0.25) is 0 Å². The Morgan fingerprint density at radius 3 is 2.91 bits per heavy atom. The van der Waals surface area contributed by atoms with E-state index in [2.05, 4.69) is 20.3 Å². The van der Waals surface area contributed by atoms with Crippen molar-refractivity contribution < 1.29 is 0 Å². The van der Waals surface area contributed by atoms with Crippen LogP contribution in [0, 0.1) is 0 Å². The van der Waals surface area contributed by atoms with Gasteiger partial charge >= 0.3 is 0 Å². The van der Waals surface area contributed by atoms with E-state index in [0.717, 1.165) is 22.0 Å². The molecule has 56 valence electrons. The topological polar surface area (TPSA) is 41.8 Å². The van der Waals surface area contributed by atoms with Crippen LogP contribution < -0.4 is 11.2 Å². The van der Waals surface area contributed by atoms with Crippen molar-refractivity contribution in [2.45, 2.75) is 0 Å². The van der Waals surface area contributed by atoms with Gasteiger partial charge in [0, 0.05) is 22.0 Å². The quantitative estimate of drug-likeness (QED) is 0.446. The summed E-state index contributed by atoms with van der Waals surface area (Å²) in [5.74, 6) is 0. The molecule has 0 radical (unpaired) electrons. The van der Waals surface area contributed by atoms with E-state index in [1.807, 2.05) is 18.2 Å². The Labute approximate surface area is 67.0 Å². The first-order chi connectivity index (χ1) is 5.25. The van der Waals surface area contributed by atoms with Crippen molar-refractivity contribution in [3.63, 3.8) is 0 Å². The van der Waals surface area contributed by atoms with Gasteiger partial charge < -0.3 is 10.7 Å². The van der Waals surface area contributed by atoms with Gasteiger partial charge in [-0.15, -0.1) is 0 Å². The van der Waals surface area contributed by atoms with Gasteiger partial charge in [0.15, 0.2) is 0 Å². The average molecular weight is 164 g/mol. The first kappa shape index (κ1) is 6.68. The molecule has 2 rings (SSSR count). The molecule has 3 heteroatoms. The predicted octanol–water partition coefficient (Wildman–Crippen LogP) is 1.25. The molecule has 0 fully saturated rings. The molecular weight excluding hydrogens is 155 g/mol. The van der Waals surface area contributed by atoms with Crippen LogP contribution in [0.25, 0.3) is 10.9 Å². The highest BCUT2D eigenvalue weighted by Crippen LogP contribution is 2.14. The van der Waals surface area contributed by atoms with Crippen molar-refractivity contribution in [3.05, 3.63) is 24.3 Å². The second-order valence-electron chi connectivity index (χ2n) is 2.57. The number of nitrogen functional groups attached to an aromatic ring is 1. The van der Waals surface area contributed by atoms with Crippen LogP contribution in [-0.4, -0.2) is 4.98 Å². The predicted molar refractivity (Wildman–Crippen MR) is 52.1 cm³/mol. The van der Waals surface area contributed by atoms with E-state index in [9.17, 15) is 0 Å². The van der Waals surface area contributed by atoms with E-state index in [1.165, 1.54) is 0 Å². The molecule has 2 aromatic rings. The molecule has 11 heavy (non-hydrogen) atoms. The van der Waals surface area contributed by atoms with Gasteiger partial charge in [0.2, 0.25) is 0 Å². The average Bonchev–Trinajstić information content (AvgIpc) is 2.27. The molecule has 0 saturated heterocycles. The van der Waals surface area contributed by atoms with Crippen molar-refractivity contribution >= 4 is 31.3 Å². The Bertz CT molecular complexity index is 392. The molecule has 0 bridgehead atoms. The first-order valence-corrected chi connectivity index (χ1v) is 3.97. The summed E-state index contributed by atoms with van der Waals surface area (Å²) in [6.07, 6.45) is 0. The number of rotatable bonds is 0. The summed E-state index contributed by atoms with van der Waals surface area (Å²) in [5.41, 5.74) is 8.64. The lowest BCUT2D eigenvalue weighted by atomic mass is 10.2. The Morgan fingerprint density at radius 1 is 1.27 bits per heavy atom. The zero-order valence-corrected chi connectivity index (χ0v) is 7.12. The van der Waals surface area contributed by atoms with Crippen LogP contribution in [0.4, 0.5) is 5.69 Å². The molecule has 2 nitrogen and oxygen atoms in total. The van der Waals surface area contributed by atoms with Crippen molar-refractivity contribution in [2.24, 2.45) is 0 Å². The number of hydrogen-bond acceptors (Lipinski definition) is 1. The molecule has 1 aromatic heterocycles. The Balaban J connectivity index is 2.82. The second kappa shape index (κ2) is 2.24. The van der Waals surface area contributed by atoms with Crippen molar-refractivity contribution in [1.29, 1.82) is 0 Å². The fourth-order valence-electron chi connectivity index (χ4n) is 1.17. The van der Waals surface area contributed by atoms with Crippen molar-refractivity contribution in [3.8, 4) is 0 Å². The van der Waals surface area contributed by atoms with Crippen molar-refractivity contribution in [2.75, 3.05) is 5.73 Å². The zero-order chi connectivity index (χ0) is 7.84. The van der Waals surface area contributed by atoms with Crippen LogP contribution in [0.5, 0.6) is 0 Å². The van der Waals surface area contributed by atoms with Crippen LogP contribution in [0.3, 0.4) is 0 Å². The Kier molecular flexibility index (Phi) is 1.36. The van der Waals surface area contributed by atoms with E-state index < -0.39 is 0 Å². The molecule has 0 aliphatic rings. The molecule has 3 N–H and O–H groups in total. The van der Waals surface area contributed by atoms with E-state index in [-0.39, 0.29) is 0 Å². The van der Waals surface area contributed by atoms with Gasteiger partial charge in [-0.1, -0.05) is 9.24 Å². The summed E-state index contributed by atoms with van der Waals surface area (Å²) in [7, 11) is 2.62. The lowest BCUT2D eigenvalue weighted by molar-refractivity contribution is 1.55. The first-order valence-electron chi connectivity index (χ1n) is 3.39. The molecule has 0 spiro atoms. The van der Waals surface area contributed by atoms with E-state index >= 15 is 0 Å². The summed E-state index contributed by atoms with van der Waals surface area (Å²) in [6.45, 7) is 0.